The van der Waals surface area contributed by atoms with E-state index in [-0.39, 0.29) is 5.43 Å². The second-order valence-electron chi connectivity index (χ2n) is 5.56. The molecule has 0 fully saturated rings. The van der Waals surface area contributed by atoms with Crippen LogP contribution < -0.4 is 14.9 Å². The van der Waals surface area contributed by atoms with Crippen LogP contribution in [0.5, 0.6) is 11.6 Å². The molecule has 0 N–H and O–H groups in total. The molecule has 25 heavy (non-hydrogen) atoms. The van der Waals surface area contributed by atoms with E-state index in [4.69, 9.17) is 9.47 Å². The molecule has 0 spiro atoms. The Morgan fingerprint density at radius 3 is 2.48 bits per heavy atom. The van der Waals surface area contributed by atoms with Gasteiger partial charge in [-0.15, -0.1) is 11.3 Å². The number of rotatable bonds is 3. The molecule has 0 bridgehead atoms. The summed E-state index contributed by atoms with van der Waals surface area (Å²) in [7, 11) is 3.17. The summed E-state index contributed by atoms with van der Waals surface area (Å²) in [6.07, 6.45) is 1.75. The minimum atomic E-state index is -0.00970. The van der Waals surface area contributed by atoms with Crippen LogP contribution in [-0.2, 0) is 0 Å². The van der Waals surface area contributed by atoms with Gasteiger partial charge in [-0.05, 0) is 35.9 Å². The van der Waals surface area contributed by atoms with Crippen molar-refractivity contribution in [2.75, 3.05) is 14.2 Å². The van der Waals surface area contributed by atoms with Gasteiger partial charge in [0.25, 0.3) is 0 Å². The van der Waals surface area contributed by atoms with E-state index in [0.717, 1.165) is 20.5 Å². The standard InChI is InChI=1S/C20H15NO3S/c1-23-15-4-3-5-17-19(15)20(22)14-10-12(6-8-16(14)25-17)13-7-9-18(24-2)21-11-13/h3-11H,1-2H3. The van der Waals surface area contributed by atoms with Gasteiger partial charge in [-0.3, -0.25) is 4.79 Å². The maximum atomic E-state index is 13.0. The number of benzene rings is 2. The van der Waals surface area contributed by atoms with Gasteiger partial charge in [-0.2, -0.15) is 0 Å². The van der Waals surface area contributed by atoms with E-state index in [0.29, 0.717) is 22.4 Å². The van der Waals surface area contributed by atoms with Crippen LogP contribution in [0.1, 0.15) is 0 Å². The van der Waals surface area contributed by atoms with E-state index in [1.807, 2.05) is 48.5 Å². The molecule has 2 heterocycles. The summed E-state index contributed by atoms with van der Waals surface area (Å²) in [5.74, 6) is 1.17. The van der Waals surface area contributed by atoms with Gasteiger partial charge < -0.3 is 9.47 Å². The summed E-state index contributed by atoms with van der Waals surface area (Å²) in [6.45, 7) is 0. The van der Waals surface area contributed by atoms with Gasteiger partial charge >= 0.3 is 0 Å². The normalized spacial score (nSPS) is 11.0. The van der Waals surface area contributed by atoms with Crippen molar-refractivity contribution >= 4 is 31.5 Å². The summed E-state index contributed by atoms with van der Waals surface area (Å²) in [5, 5.41) is 1.32. The molecule has 0 aliphatic heterocycles. The molecule has 2 aromatic carbocycles. The molecule has 124 valence electrons. The third-order valence-corrected chi connectivity index (χ3v) is 5.29. The fourth-order valence-corrected chi connectivity index (χ4v) is 3.97. The molecular weight excluding hydrogens is 334 g/mol. The lowest BCUT2D eigenvalue weighted by atomic mass is 10.0. The van der Waals surface area contributed by atoms with Crippen LogP contribution in [0, 0.1) is 0 Å². The number of fused-ring (bicyclic) bond motifs is 2. The zero-order valence-electron chi connectivity index (χ0n) is 13.8. The van der Waals surface area contributed by atoms with Gasteiger partial charge in [-0.25, -0.2) is 4.98 Å². The maximum Gasteiger partial charge on any atom is 0.212 e. The molecular formula is C20H15NO3S. The molecule has 0 saturated carbocycles. The van der Waals surface area contributed by atoms with E-state index in [2.05, 4.69) is 4.98 Å². The van der Waals surface area contributed by atoms with Crippen LogP contribution >= 0.6 is 11.3 Å². The van der Waals surface area contributed by atoms with Crippen LogP contribution in [0.15, 0.2) is 59.5 Å². The Hall–Kier alpha value is -2.92. The van der Waals surface area contributed by atoms with Crippen molar-refractivity contribution in [2.24, 2.45) is 0 Å². The average molecular weight is 349 g/mol. The molecule has 0 unspecified atom stereocenters. The number of aromatic nitrogens is 1. The molecule has 4 rings (SSSR count). The first kappa shape index (κ1) is 15.6. The van der Waals surface area contributed by atoms with E-state index in [9.17, 15) is 4.79 Å². The summed E-state index contributed by atoms with van der Waals surface area (Å²) in [4.78, 5) is 17.3. The highest BCUT2D eigenvalue weighted by Crippen LogP contribution is 2.32. The topological polar surface area (TPSA) is 48.4 Å². The fraction of sp³-hybridized carbons (Fsp3) is 0.100. The molecule has 0 amide bonds. The average Bonchev–Trinajstić information content (AvgIpc) is 2.67. The van der Waals surface area contributed by atoms with Crippen LogP contribution in [0.4, 0.5) is 0 Å². The lowest BCUT2D eigenvalue weighted by molar-refractivity contribution is 0.398. The molecule has 0 radical (unpaired) electrons. The zero-order valence-corrected chi connectivity index (χ0v) is 14.6. The van der Waals surface area contributed by atoms with Crippen molar-refractivity contribution in [3.63, 3.8) is 0 Å². The van der Waals surface area contributed by atoms with Crippen LogP contribution in [0.3, 0.4) is 0 Å². The van der Waals surface area contributed by atoms with Gasteiger partial charge in [0, 0.05) is 32.6 Å². The lowest BCUT2D eigenvalue weighted by Crippen LogP contribution is -2.03. The number of pyridine rings is 1. The second-order valence-corrected chi connectivity index (χ2v) is 6.65. The van der Waals surface area contributed by atoms with E-state index >= 15 is 0 Å². The van der Waals surface area contributed by atoms with Crippen molar-refractivity contribution in [1.82, 2.24) is 4.98 Å². The summed E-state index contributed by atoms with van der Waals surface area (Å²) in [6, 6.07) is 15.3. The van der Waals surface area contributed by atoms with Crippen molar-refractivity contribution in [2.45, 2.75) is 0 Å². The van der Waals surface area contributed by atoms with E-state index in [1.165, 1.54) is 0 Å². The third kappa shape index (κ3) is 2.62. The molecule has 4 nitrogen and oxygen atoms in total. The van der Waals surface area contributed by atoms with Crippen molar-refractivity contribution in [1.29, 1.82) is 0 Å². The smallest absolute Gasteiger partial charge is 0.212 e. The Labute approximate surface area is 148 Å². The predicted octanol–water partition coefficient (Wildman–Crippen LogP) is 4.49. The molecule has 2 aromatic heterocycles. The molecule has 4 aromatic rings. The number of hydrogen-bond donors (Lipinski definition) is 0. The van der Waals surface area contributed by atoms with E-state index in [1.54, 1.807) is 31.8 Å². The second kappa shape index (κ2) is 6.18. The fourth-order valence-electron chi connectivity index (χ4n) is 2.89. The Bertz CT molecular complexity index is 1130. The third-order valence-electron chi connectivity index (χ3n) is 4.16. The highest BCUT2D eigenvalue weighted by Gasteiger charge is 2.11. The Balaban J connectivity index is 1.96. The first-order chi connectivity index (χ1) is 12.2. The first-order valence-corrected chi connectivity index (χ1v) is 8.57. The molecule has 5 heteroatoms. The number of hydrogen-bond acceptors (Lipinski definition) is 5. The largest absolute Gasteiger partial charge is 0.496 e. The van der Waals surface area contributed by atoms with Crippen molar-refractivity contribution in [3.05, 3.63) is 65.0 Å². The summed E-state index contributed by atoms with van der Waals surface area (Å²) >= 11 is 1.59. The number of methoxy groups -OCH3 is 2. The van der Waals surface area contributed by atoms with Gasteiger partial charge in [0.15, 0.2) is 5.43 Å². The van der Waals surface area contributed by atoms with Crippen molar-refractivity contribution < 1.29 is 9.47 Å². The number of ether oxygens (including phenoxy) is 2. The van der Waals surface area contributed by atoms with E-state index < -0.39 is 0 Å². The van der Waals surface area contributed by atoms with Crippen LogP contribution in [0.25, 0.3) is 31.3 Å². The molecule has 0 aliphatic carbocycles. The quantitative estimate of drug-likeness (QED) is 0.511. The summed E-state index contributed by atoms with van der Waals surface area (Å²) < 4.78 is 12.4. The SMILES string of the molecule is COc1ccc(-c2ccc3sc4cccc(OC)c4c(=O)c3c2)cn1. The highest BCUT2D eigenvalue weighted by molar-refractivity contribution is 7.24. The maximum absolute atomic E-state index is 13.0. The summed E-state index contributed by atoms with van der Waals surface area (Å²) in [5.41, 5.74) is 1.87. The minimum Gasteiger partial charge on any atom is -0.496 e. The molecule has 0 aliphatic rings. The first-order valence-electron chi connectivity index (χ1n) is 7.75. The highest BCUT2D eigenvalue weighted by atomic mass is 32.1. The van der Waals surface area contributed by atoms with Gasteiger partial charge in [0.05, 0.1) is 19.6 Å². The van der Waals surface area contributed by atoms with Gasteiger partial charge in [0.1, 0.15) is 5.75 Å². The zero-order chi connectivity index (χ0) is 17.4. The van der Waals surface area contributed by atoms with Crippen LogP contribution in [0.2, 0.25) is 0 Å². The monoisotopic (exact) mass is 349 g/mol. The van der Waals surface area contributed by atoms with Gasteiger partial charge in [0.2, 0.25) is 5.88 Å². The lowest BCUT2D eigenvalue weighted by Gasteiger charge is -2.08. The van der Waals surface area contributed by atoms with Crippen molar-refractivity contribution in [3.8, 4) is 22.8 Å². The predicted molar refractivity (Wildman–Crippen MR) is 102 cm³/mol. The Morgan fingerprint density at radius 2 is 1.76 bits per heavy atom. The minimum absolute atomic E-state index is 0.00970. The van der Waals surface area contributed by atoms with Crippen LogP contribution in [-0.4, -0.2) is 19.2 Å². The van der Waals surface area contributed by atoms with Gasteiger partial charge in [-0.1, -0.05) is 12.1 Å². The Morgan fingerprint density at radius 1 is 0.920 bits per heavy atom. The molecule has 0 saturated heterocycles. The number of nitrogens with zero attached hydrogens (tertiary/aromatic N) is 1. The Kier molecular flexibility index (Phi) is 3.86. The molecule has 0 atom stereocenters.